The SMILES string of the molecule is CCC(CN)(COC)NCCC1CCC1. The highest BCUT2D eigenvalue weighted by molar-refractivity contribution is 4.88. The molecule has 0 spiro atoms. The molecule has 0 aromatic carbocycles. The van der Waals surface area contributed by atoms with Crippen molar-refractivity contribution in [3.8, 4) is 0 Å². The number of methoxy groups -OCH3 is 1. The Labute approximate surface area is 93.8 Å². The van der Waals surface area contributed by atoms with Crippen molar-refractivity contribution in [2.24, 2.45) is 11.7 Å². The van der Waals surface area contributed by atoms with Gasteiger partial charge in [-0.3, -0.25) is 0 Å². The lowest BCUT2D eigenvalue weighted by Crippen LogP contribution is -2.54. The predicted molar refractivity (Wildman–Crippen MR) is 63.9 cm³/mol. The van der Waals surface area contributed by atoms with Crippen LogP contribution in [0.5, 0.6) is 0 Å². The fourth-order valence-electron chi connectivity index (χ4n) is 2.15. The van der Waals surface area contributed by atoms with Crippen LogP contribution in [0.25, 0.3) is 0 Å². The molecule has 1 unspecified atom stereocenters. The lowest BCUT2D eigenvalue weighted by Gasteiger charge is -2.34. The fraction of sp³-hybridized carbons (Fsp3) is 1.00. The summed E-state index contributed by atoms with van der Waals surface area (Å²) in [5.41, 5.74) is 5.82. The Balaban J connectivity index is 2.22. The number of hydrogen-bond donors (Lipinski definition) is 2. The molecule has 1 fully saturated rings. The highest BCUT2D eigenvalue weighted by atomic mass is 16.5. The second kappa shape index (κ2) is 6.46. The van der Waals surface area contributed by atoms with E-state index in [1.807, 2.05) is 0 Å². The van der Waals surface area contributed by atoms with Crippen molar-refractivity contribution in [1.82, 2.24) is 5.32 Å². The molecule has 3 heteroatoms. The monoisotopic (exact) mass is 214 g/mol. The molecule has 0 heterocycles. The molecule has 1 aliphatic rings. The van der Waals surface area contributed by atoms with Crippen LogP contribution in [0.15, 0.2) is 0 Å². The van der Waals surface area contributed by atoms with Gasteiger partial charge < -0.3 is 15.8 Å². The number of ether oxygens (including phenoxy) is 1. The van der Waals surface area contributed by atoms with E-state index in [1.165, 1.54) is 25.7 Å². The zero-order valence-corrected chi connectivity index (χ0v) is 10.2. The molecule has 1 saturated carbocycles. The quantitative estimate of drug-likeness (QED) is 0.644. The first kappa shape index (κ1) is 12.9. The van der Waals surface area contributed by atoms with Gasteiger partial charge in [0.2, 0.25) is 0 Å². The third-order valence-electron chi connectivity index (χ3n) is 3.77. The summed E-state index contributed by atoms with van der Waals surface area (Å²) < 4.78 is 5.24. The average molecular weight is 214 g/mol. The third kappa shape index (κ3) is 3.74. The van der Waals surface area contributed by atoms with E-state index in [9.17, 15) is 0 Å². The topological polar surface area (TPSA) is 47.3 Å². The van der Waals surface area contributed by atoms with Gasteiger partial charge in [-0.2, -0.15) is 0 Å². The zero-order chi connectivity index (χ0) is 11.1. The molecule has 0 aliphatic heterocycles. The Kier molecular flexibility index (Phi) is 5.58. The highest BCUT2D eigenvalue weighted by Crippen LogP contribution is 2.29. The molecule has 1 rings (SSSR count). The van der Waals surface area contributed by atoms with E-state index in [0.717, 1.165) is 18.9 Å². The minimum absolute atomic E-state index is 0.00149. The van der Waals surface area contributed by atoms with Gasteiger partial charge in [-0.05, 0) is 25.3 Å². The maximum absolute atomic E-state index is 5.83. The zero-order valence-electron chi connectivity index (χ0n) is 10.2. The van der Waals surface area contributed by atoms with E-state index in [0.29, 0.717) is 13.2 Å². The van der Waals surface area contributed by atoms with E-state index in [-0.39, 0.29) is 5.54 Å². The van der Waals surface area contributed by atoms with Gasteiger partial charge in [-0.1, -0.05) is 26.2 Å². The molecule has 15 heavy (non-hydrogen) atoms. The molecular weight excluding hydrogens is 188 g/mol. The van der Waals surface area contributed by atoms with E-state index in [4.69, 9.17) is 10.5 Å². The first-order valence-electron chi connectivity index (χ1n) is 6.20. The molecular formula is C12H26N2O. The van der Waals surface area contributed by atoms with Crippen LogP contribution in [0, 0.1) is 5.92 Å². The predicted octanol–water partition coefficient (Wildman–Crippen LogP) is 1.52. The van der Waals surface area contributed by atoms with Crippen LogP contribution < -0.4 is 11.1 Å². The minimum Gasteiger partial charge on any atom is -0.383 e. The second-order valence-corrected chi connectivity index (χ2v) is 4.78. The van der Waals surface area contributed by atoms with Crippen molar-refractivity contribution in [1.29, 1.82) is 0 Å². The summed E-state index contributed by atoms with van der Waals surface area (Å²) >= 11 is 0. The van der Waals surface area contributed by atoms with Crippen molar-refractivity contribution < 1.29 is 4.74 Å². The summed E-state index contributed by atoms with van der Waals surface area (Å²) in [5, 5.41) is 3.58. The summed E-state index contributed by atoms with van der Waals surface area (Å²) in [6.45, 7) is 4.62. The standard InChI is InChI=1S/C12H26N2O/c1-3-12(9-13,10-15-2)14-8-7-11-5-4-6-11/h11,14H,3-10,13H2,1-2H3. The normalized spacial score (nSPS) is 21.0. The van der Waals surface area contributed by atoms with Gasteiger partial charge in [0, 0.05) is 13.7 Å². The van der Waals surface area contributed by atoms with Gasteiger partial charge >= 0.3 is 0 Å². The Hall–Kier alpha value is -0.120. The van der Waals surface area contributed by atoms with Crippen LogP contribution in [0.4, 0.5) is 0 Å². The van der Waals surface area contributed by atoms with Gasteiger partial charge in [-0.15, -0.1) is 0 Å². The summed E-state index contributed by atoms with van der Waals surface area (Å²) in [6, 6.07) is 0. The minimum atomic E-state index is -0.00149. The molecule has 0 radical (unpaired) electrons. The smallest absolute Gasteiger partial charge is 0.0656 e. The van der Waals surface area contributed by atoms with Gasteiger partial charge in [0.15, 0.2) is 0 Å². The summed E-state index contributed by atoms with van der Waals surface area (Å²) in [4.78, 5) is 0. The van der Waals surface area contributed by atoms with Crippen LogP contribution in [0.2, 0.25) is 0 Å². The molecule has 0 amide bonds. The number of hydrogen-bond acceptors (Lipinski definition) is 3. The number of rotatable bonds is 8. The summed E-state index contributed by atoms with van der Waals surface area (Å²) in [6.07, 6.45) is 6.60. The molecule has 1 aliphatic carbocycles. The Morgan fingerprint density at radius 3 is 2.60 bits per heavy atom. The van der Waals surface area contributed by atoms with Gasteiger partial charge in [0.05, 0.1) is 12.1 Å². The maximum Gasteiger partial charge on any atom is 0.0656 e. The van der Waals surface area contributed by atoms with Crippen molar-refractivity contribution in [2.45, 2.75) is 44.6 Å². The maximum atomic E-state index is 5.83. The summed E-state index contributed by atoms with van der Waals surface area (Å²) in [5.74, 6) is 0.965. The van der Waals surface area contributed by atoms with Gasteiger partial charge in [0.25, 0.3) is 0 Å². The van der Waals surface area contributed by atoms with E-state index in [2.05, 4.69) is 12.2 Å². The van der Waals surface area contributed by atoms with Crippen LogP contribution in [0.3, 0.4) is 0 Å². The number of nitrogens with one attached hydrogen (secondary N) is 1. The third-order valence-corrected chi connectivity index (χ3v) is 3.77. The van der Waals surface area contributed by atoms with E-state index >= 15 is 0 Å². The Morgan fingerprint density at radius 1 is 1.47 bits per heavy atom. The molecule has 0 aromatic heterocycles. The lowest BCUT2D eigenvalue weighted by atomic mass is 9.83. The summed E-state index contributed by atoms with van der Waals surface area (Å²) in [7, 11) is 1.74. The first-order valence-corrected chi connectivity index (χ1v) is 6.20. The molecule has 1 atom stereocenters. The molecule has 0 bridgehead atoms. The van der Waals surface area contributed by atoms with Crippen molar-refractivity contribution in [3.05, 3.63) is 0 Å². The molecule has 3 N–H and O–H groups in total. The van der Waals surface area contributed by atoms with E-state index in [1.54, 1.807) is 7.11 Å². The van der Waals surface area contributed by atoms with Crippen LogP contribution in [-0.4, -0.2) is 32.3 Å². The molecule has 0 saturated heterocycles. The molecule has 0 aromatic rings. The second-order valence-electron chi connectivity index (χ2n) is 4.78. The van der Waals surface area contributed by atoms with Crippen molar-refractivity contribution in [3.63, 3.8) is 0 Å². The van der Waals surface area contributed by atoms with Gasteiger partial charge in [-0.25, -0.2) is 0 Å². The molecule has 3 nitrogen and oxygen atoms in total. The van der Waals surface area contributed by atoms with Crippen LogP contribution in [-0.2, 0) is 4.74 Å². The molecule has 90 valence electrons. The van der Waals surface area contributed by atoms with Crippen molar-refractivity contribution >= 4 is 0 Å². The first-order chi connectivity index (χ1) is 7.26. The Bertz CT molecular complexity index is 165. The van der Waals surface area contributed by atoms with Crippen LogP contribution in [0.1, 0.15) is 39.0 Å². The largest absolute Gasteiger partial charge is 0.383 e. The van der Waals surface area contributed by atoms with E-state index < -0.39 is 0 Å². The highest BCUT2D eigenvalue weighted by Gasteiger charge is 2.26. The average Bonchev–Trinajstić information content (AvgIpc) is 2.20. The van der Waals surface area contributed by atoms with Gasteiger partial charge in [0.1, 0.15) is 0 Å². The number of nitrogens with two attached hydrogens (primary N) is 1. The Morgan fingerprint density at radius 2 is 2.20 bits per heavy atom. The fourth-order valence-corrected chi connectivity index (χ4v) is 2.15. The van der Waals surface area contributed by atoms with Crippen molar-refractivity contribution in [2.75, 3.05) is 26.8 Å². The van der Waals surface area contributed by atoms with Crippen LogP contribution >= 0.6 is 0 Å². The lowest BCUT2D eigenvalue weighted by molar-refractivity contribution is 0.107.